The van der Waals surface area contributed by atoms with Crippen molar-refractivity contribution in [1.82, 2.24) is 4.98 Å². The summed E-state index contributed by atoms with van der Waals surface area (Å²) in [5.74, 6) is 0. The molecule has 0 aliphatic rings. The molecule has 1 aromatic heterocycles. The number of aromatic nitrogens is 1. The van der Waals surface area contributed by atoms with Crippen molar-refractivity contribution in [1.29, 1.82) is 0 Å². The van der Waals surface area contributed by atoms with Gasteiger partial charge in [-0.2, -0.15) is 0 Å². The summed E-state index contributed by atoms with van der Waals surface area (Å²) in [5, 5.41) is 9.54. The summed E-state index contributed by atoms with van der Waals surface area (Å²) in [4.78, 5) is 3.86. The SMILES string of the molecule is CC(O)C(N)c1cccnc1Cl. The number of hydrogen-bond acceptors (Lipinski definition) is 3. The summed E-state index contributed by atoms with van der Waals surface area (Å²) in [6.07, 6.45) is 0.965. The van der Waals surface area contributed by atoms with Crippen LogP contribution in [0.15, 0.2) is 18.3 Å². The molecule has 0 saturated heterocycles. The fourth-order valence-corrected chi connectivity index (χ4v) is 1.15. The Morgan fingerprint density at radius 1 is 1.67 bits per heavy atom. The third-order valence-electron chi connectivity index (χ3n) is 1.67. The quantitative estimate of drug-likeness (QED) is 0.681. The van der Waals surface area contributed by atoms with Crippen LogP contribution in [0.3, 0.4) is 0 Å². The molecule has 12 heavy (non-hydrogen) atoms. The minimum Gasteiger partial charge on any atom is -0.391 e. The zero-order valence-corrected chi connectivity index (χ0v) is 7.49. The highest BCUT2D eigenvalue weighted by atomic mass is 35.5. The highest BCUT2D eigenvalue weighted by Crippen LogP contribution is 2.20. The molecule has 1 rings (SSSR count). The molecule has 0 aromatic carbocycles. The highest BCUT2D eigenvalue weighted by molar-refractivity contribution is 6.30. The number of aliphatic hydroxyl groups is 1. The van der Waals surface area contributed by atoms with E-state index in [1.165, 1.54) is 0 Å². The Labute approximate surface area is 76.2 Å². The molecule has 0 bridgehead atoms. The van der Waals surface area contributed by atoms with Crippen molar-refractivity contribution >= 4 is 11.6 Å². The first-order valence-corrected chi connectivity index (χ1v) is 4.04. The third-order valence-corrected chi connectivity index (χ3v) is 1.98. The monoisotopic (exact) mass is 186 g/mol. The van der Waals surface area contributed by atoms with Gasteiger partial charge in [0.05, 0.1) is 12.1 Å². The summed E-state index contributed by atoms with van der Waals surface area (Å²) in [6, 6.07) is 3.03. The predicted molar refractivity (Wildman–Crippen MR) is 47.9 cm³/mol. The van der Waals surface area contributed by atoms with E-state index in [0.717, 1.165) is 0 Å². The minimum absolute atomic E-state index is 0.353. The molecular formula is C8H11ClN2O. The van der Waals surface area contributed by atoms with Crippen LogP contribution in [0.2, 0.25) is 5.15 Å². The van der Waals surface area contributed by atoms with Gasteiger partial charge in [-0.1, -0.05) is 17.7 Å². The van der Waals surface area contributed by atoms with Crippen LogP contribution in [0, 0.1) is 0 Å². The fourth-order valence-electron chi connectivity index (χ4n) is 0.907. The maximum Gasteiger partial charge on any atom is 0.133 e. The van der Waals surface area contributed by atoms with Crippen LogP contribution >= 0.6 is 11.6 Å². The standard InChI is InChI=1S/C8H11ClN2O/c1-5(12)7(10)6-3-2-4-11-8(6)9/h2-5,7,12H,10H2,1H3. The van der Waals surface area contributed by atoms with Gasteiger partial charge in [0.15, 0.2) is 0 Å². The Hall–Kier alpha value is -0.640. The average Bonchev–Trinajstić information content (AvgIpc) is 2.04. The molecule has 0 fully saturated rings. The van der Waals surface area contributed by atoms with E-state index in [0.29, 0.717) is 10.7 Å². The largest absolute Gasteiger partial charge is 0.391 e. The Morgan fingerprint density at radius 2 is 2.33 bits per heavy atom. The van der Waals surface area contributed by atoms with Gasteiger partial charge < -0.3 is 10.8 Å². The van der Waals surface area contributed by atoms with E-state index in [4.69, 9.17) is 17.3 Å². The van der Waals surface area contributed by atoms with Crippen molar-refractivity contribution in [3.8, 4) is 0 Å². The number of halogens is 1. The molecule has 1 heterocycles. The third kappa shape index (κ3) is 1.94. The van der Waals surface area contributed by atoms with Crippen molar-refractivity contribution in [2.24, 2.45) is 5.73 Å². The first-order valence-electron chi connectivity index (χ1n) is 3.67. The van der Waals surface area contributed by atoms with E-state index >= 15 is 0 Å². The van der Waals surface area contributed by atoms with Crippen molar-refractivity contribution in [2.75, 3.05) is 0 Å². The smallest absolute Gasteiger partial charge is 0.133 e. The number of rotatable bonds is 2. The van der Waals surface area contributed by atoms with Gasteiger partial charge in [-0.15, -0.1) is 0 Å². The van der Waals surface area contributed by atoms with Crippen LogP contribution in [-0.4, -0.2) is 16.2 Å². The van der Waals surface area contributed by atoms with Gasteiger partial charge in [0.25, 0.3) is 0 Å². The normalized spacial score (nSPS) is 15.7. The maximum atomic E-state index is 9.19. The second kappa shape index (κ2) is 3.85. The molecule has 0 radical (unpaired) electrons. The lowest BCUT2D eigenvalue weighted by Crippen LogP contribution is -2.23. The van der Waals surface area contributed by atoms with Gasteiger partial charge in [0.2, 0.25) is 0 Å². The van der Waals surface area contributed by atoms with E-state index in [2.05, 4.69) is 4.98 Å². The van der Waals surface area contributed by atoms with Crippen LogP contribution in [0.4, 0.5) is 0 Å². The summed E-state index contributed by atoms with van der Waals surface area (Å²) in [7, 11) is 0. The number of aliphatic hydroxyl groups excluding tert-OH is 1. The van der Waals surface area contributed by atoms with Crippen molar-refractivity contribution in [3.63, 3.8) is 0 Å². The van der Waals surface area contributed by atoms with Crippen LogP contribution < -0.4 is 5.73 Å². The molecule has 0 amide bonds. The first kappa shape index (κ1) is 9.45. The van der Waals surface area contributed by atoms with Gasteiger partial charge in [-0.25, -0.2) is 4.98 Å². The lowest BCUT2D eigenvalue weighted by Gasteiger charge is -2.15. The second-order valence-electron chi connectivity index (χ2n) is 2.65. The van der Waals surface area contributed by atoms with E-state index < -0.39 is 12.1 Å². The van der Waals surface area contributed by atoms with E-state index in [-0.39, 0.29) is 0 Å². The topological polar surface area (TPSA) is 59.1 Å². The van der Waals surface area contributed by atoms with Gasteiger partial charge in [-0.3, -0.25) is 0 Å². The Balaban J connectivity index is 2.94. The first-order chi connectivity index (χ1) is 5.63. The summed E-state index contributed by atoms with van der Waals surface area (Å²) in [6.45, 7) is 1.62. The minimum atomic E-state index is -0.619. The number of hydrogen-bond donors (Lipinski definition) is 2. The molecule has 0 saturated carbocycles. The lowest BCUT2D eigenvalue weighted by molar-refractivity contribution is 0.164. The molecule has 3 nitrogen and oxygen atoms in total. The molecule has 2 unspecified atom stereocenters. The predicted octanol–water partition coefficient (Wildman–Crippen LogP) is 1.12. The Kier molecular flexibility index (Phi) is 3.03. The second-order valence-corrected chi connectivity index (χ2v) is 3.01. The average molecular weight is 187 g/mol. The molecule has 0 aliphatic carbocycles. The Morgan fingerprint density at radius 3 is 2.83 bits per heavy atom. The van der Waals surface area contributed by atoms with Gasteiger partial charge >= 0.3 is 0 Å². The fraction of sp³-hybridized carbons (Fsp3) is 0.375. The molecule has 0 aliphatic heterocycles. The Bertz CT molecular complexity index is 265. The highest BCUT2D eigenvalue weighted by Gasteiger charge is 2.14. The van der Waals surface area contributed by atoms with Crippen LogP contribution in [0.25, 0.3) is 0 Å². The van der Waals surface area contributed by atoms with E-state index in [1.807, 2.05) is 0 Å². The lowest BCUT2D eigenvalue weighted by atomic mass is 10.1. The molecule has 4 heteroatoms. The van der Waals surface area contributed by atoms with Crippen molar-refractivity contribution < 1.29 is 5.11 Å². The summed E-state index contributed by atoms with van der Waals surface area (Å²) >= 11 is 5.76. The van der Waals surface area contributed by atoms with Crippen LogP contribution in [-0.2, 0) is 0 Å². The summed E-state index contributed by atoms with van der Waals surface area (Å²) < 4.78 is 0. The zero-order valence-electron chi connectivity index (χ0n) is 6.74. The maximum absolute atomic E-state index is 9.19. The molecule has 1 aromatic rings. The summed E-state index contributed by atoms with van der Waals surface area (Å²) in [5.41, 5.74) is 6.34. The molecule has 2 atom stereocenters. The van der Waals surface area contributed by atoms with E-state index in [9.17, 15) is 5.11 Å². The van der Waals surface area contributed by atoms with Crippen LogP contribution in [0.5, 0.6) is 0 Å². The molecular weight excluding hydrogens is 176 g/mol. The number of nitrogens with zero attached hydrogens (tertiary/aromatic N) is 1. The zero-order chi connectivity index (χ0) is 9.14. The molecule has 0 spiro atoms. The number of nitrogens with two attached hydrogens (primary N) is 1. The van der Waals surface area contributed by atoms with Crippen LogP contribution in [0.1, 0.15) is 18.5 Å². The van der Waals surface area contributed by atoms with Gasteiger partial charge in [0, 0.05) is 11.8 Å². The van der Waals surface area contributed by atoms with Crippen molar-refractivity contribution in [2.45, 2.75) is 19.1 Å². The molecule has 66 valence electrons. The van der Waals surface area contributed by atoms with E-state index in [1.54, 1.807) is 25.3 Å². The molecule has 3 N–H and O–H groups in total. The van der Waals surface area contributed by atoms with Gasteiger partial charge in [-0.05, 0) is 13.0 Å². The van der Waals surface area contributed by atoms with Crippen molar-refractivity contribution in [3.05, 3.63) is 29.0 Å². The number of pyridine rings is 1. The van der Waals surface area contributed by atoms with Gasteiger partial charge in [0.1, 0.15) is 5.15 Å².